The van der Waals surface area contributed by atoms with E-state index in [4.69, 9.17) is 27.9 Å². The molecule has 0 fully saturated rings. The van der Waals surface area contributed by atoms with E-state index in [1.165, 1.54) is 25.3 Å². The molecule has 0 aliphatic rings. The molecule has 0 heterocycles. The molecule has 0 radical (unpaired) electrons. The number of ether oxygens (including phenoxy) is 1. The van der Waals surface area contributed by atoms with Crippen molar-refractivity contribution in [2.75, 3.05) is 25.5 Å². The smallest absolute Gasteiger partial charge is 0.243 e. The van der Waals surface area contributed by atoms with Crippen LogP contribution in [0.15, 0.2) is 77.7 Å². The van der Waals surface area contributed by atoms with Crippen LogP contribution < -0.4 is 10.1 Å². The first-order valence-electron chi connectivity index (χ1n) is 9.72. The van der Waals surface area contributed by atoms with Gasteiger partial charge in [-0.2, -0.15) is 4.31 Å². The van der Waals surface area contributed by atoms with Gasteiger partial charge in [-0.25, -0.2) is 8.42 Å². The number of hydrogen-bond donors (Lipinski definition) is 1. The number of amides is 1. The van der Waals surface area contributed by atoms with Crippen LogP contribution in [-0.2, 0) is 21.2 Å². The molecule has 0 unspecified atom stereocenters. The van der Waals surface area contributed by atoms with Crippen molar-refractivity contribution in [1.29, 1.82) is 0 Å². The van der Waals surface area contributed by atoms with E-state index < -0.39 is 15.9 Å². The van der Waals surface area contributed by atoms with Crippen LogP contribution in [0, 0.1) is 0 Å². The Balaban J connectivity index is 1.81. The summed E-state index contributed by atoms with van der Waals surface area (Å²) in [5.41, 5.74) is 1.39. The summed E-state index contributed by atoms with van der Waals surface area (Å²) in [7, 11) is -2.43. The van der Waals surface area contributed by atoms with Crippen LogP contribution in [0.3, 0.4) is 0 Å². The second-order valence-corrected chi connectivity index (χ2v) is 9.68. The average Bonchev–Trinajstić information content (AvgIpc) is 2.79. The molecular weight excluding hydrogens is 471 g/mol. The Bertz CT molecular complexity index is 1170. The third-order valence-electron chi connectivity index (χ3n) is 4.71. The van der Waals surface area contributed by atoms with Crippen LogP contribution in [0.4, 0.5) is 5.69 Å². The molecule has 0 bridgehead atoms. The number of halogens is 2. The van der Waals surface area contributed by atoms with E-state index in [-0.39, 0.29) is 23.0 Å². The third kappa shape index (κ3) is 6.23. The van der Waals surface area contributed by atoms with Gasteiger partial charge in [-0.05, 0) is 54.4 Å². The number of nitrogens with one attached hydrogen (secondary N) is 1. The fourth-order valence-electron chi connectivity index (χ4n) is 3.01. The lowest BCUT2D eigenvalue weighted by Crippen LogP contribution is -2.39. The summed E-state index contributed by atoms with van der Waals surface area (Å²) in [5, 5.41) is 3.32. The molecule has 1 N–H and O–H groups in total. The Hall–Kier alpha value is -2.58. The Kier molecular flexibility index (Phi) is 8.15. The molecule has 3 rings (SSSR count). The Labute approximate surface area is 197 Å². The Morgan fingerprint density at radius 3 is 2.28 bits per heavy atom. The van der Waals surface area contributed by atoms with Crippen LogP contribution >= 0.6 is 23.2 Å². The lowest BCUT2D eigenvalue weighted by atomic mass is 10.1. The SMILES string of the molecule is COc1ccc(S(=O)(=O)N(CCc2ccccc2)CC(=O)Nc2ccc(Cl)c(Cl)c2)cc1. The van der Waals surface area contributed by atoms with Crippen LogP contribution in [0.25, 0.3) is 0 Å². The quantitative estimate of drug-likeness (QED) is 0.462. The second kappa shape index (κ2) is 10.8. The van der Waals surface area contributed by atoms with Gasteiger partial charge in [-0.1, -0.05) is 53.5 Å². The predicted molar refractivity (Wildman–Crippen MR) is 127 cm³/mol. The number of benzene rings is 3. The molecule has 1 amide bonds. The summed E-state index contributed by atoms with van der Waals surface area (Å²) in [5.74, 6) is 0.0469. The van der Waals surface area contributed by atoms with Crippen molar-refractivity contribution in [3.63, 3.8) is 0 Å². The number of methoxy groups -OCH3 is 1. The molecule has 0 spiro atoms. The molecule has 0 aromatic heterocycles. The summed E-state index contributed by atoms with van der Waals surface area (Å²) in [6, 6.07) is 20.2. The number of hydrogen-bond acceptors (Lipinski definition) is 4. The third-order valence-corrected chi connectivity index (χ3v) is 7.31. The van der Waals surface area contributed by atoms with Crippen molar-refractivity contribution in [3.05, 3.63) is 88.4 Å². The molecule has 0 atom stereocenters. The van der Waals surface area contributed by atoms with Gasteiger partial charge in [0.05, 0.1) is 28.6 Å². The minimum absolute atomic E-state index is 0.0775. The van der Waals surface area contributed by atoms with E-state index in [0.717, 1.165) is 9.87 Å². The van der Waals surface area contributed by atoms with Crippen LogP contribution in [-0.4, -0.2) is 38.8 Å². The summed E-state index contributed by atoms with van der Waals surface area (Å²) in [6.07, 6.45) is 0.455. The molecular formula is C23H22Cl2N2O4S. The summed E-state index contributed by atoms with van der Waals surface area (Å²) in [4.78, 5) is 12.8. The monoisotopic (exact) mass is 492 g/mol. The van der Waals surface area contributed by atoms with Gasteiger partial charge in [0, 0.05) is 12.2 Å². The largest absolute Gasteiger partial charge is 0.497 e. The number of anilines is 1. The van der Waals surface area contributed by atoms with E-state index in [1.54, 1.807) is 24.3 Å². The average molecular weight is 493 g/mol. The van der Waals surface area contributed by atoms with Gasteiger partial charge in [-0.3, -0.25) is 4.79 Å². The van der Waals surface area contributed by atoms with E-state index in [2.05, 4.69) is 5.32 Å². The molecule has 168 valence electrons. The Morgan fingerprint density at radius 2 is 1.66 bits per heavy atom. The maximum Gasteiger partial charge on any atom is 0.243 e. The highest BCUT2D eigenvalue weighted by atomic mass is 35.5. The van der Waals surface area contributed by atoms with Gasteiger partial charge in [0.25, 0.3) is 0 Å². The van der Waals surface area contributed by atoms with Gasteiger partial charge in [-0.15, -0.1) is 0 Å². The minimum atomic E-state index is -3.93. The number of sulfonamides is 1. The standard InChI is InChI=1S/C23H22Cl2N2O4S/c1-31-19-8-10-20(11-9-19)32(29,30)27(14-13-17-5-3-2-4-6-17)16-23(28)26-18-7-12-21(24)22(25)15-18/h2-12,15H,13-14,16H2,1H3,(H,26,28). The van der Waals surface area contributed by atoms with Crippen molar-refractivity contribution in [1.82, 2.24) is 4.31 Å². The highest BCUT2D eigenvalue weighted by Gasteiger charge is 2.26. The second-order valence-electron chi connectivity index (χ2n) is 6.93. The lowest BCUT2D eigenvalue weighted by Gasteiger charge is -2.22. The molecule has 6 nitrogen and oxygen atoms in total. The first-order chi connectivity index (χ1) is 15.3. The van der Waals surface area contributed by atoms with Crippen molar-refractivity contribution < 1.29 is 17.9 Å². The van der Waals surface area contributed by atoms with E-state index >= 15 is 0 Å². The molecule has 3 aromatic rings. The topological polar surface area (TPSA) is 75.7 Å². The van der Waals surface area contributed by atoms with Gasteiger partial charge >= 0.3 is 0 Å². The number of nitrogens with zero attached hydrogens (tertiary/aromatic N) is 1. The first-order valence-corrected chi connectivity index (χ1v) is 11.9. The van der Waals surface area contributed by atoms with Crippen molar-refractivity contribution in [2.24, 2.45) is 0 Å². The van der Waals surface area contributed by atoms with Gasteiger partial charge < -0.3 is 10.1 Å². The van der Waals surface area contributed by atoms with E-state index in [9.17, 15) is 13.2 Å². The number of carbonyl (C=O) groups excluding carboxylic acids is 1. The van der Waals surface area contributed by atoms with Crippen LogP contribution in [0.5, 0.6) is 5.75 Å². The minimum Gasteiger partial charge on any atom is -0.497 e. The highest BCUT2D eigenvalue weighted by Crippen LogP contribution is 2.25. The van der Waals surface area contributed by atoms with Crippen molar-refractivity contribution in [2.45, 2.75) is 11.3 Å². The van der Waals surface area contributed by atoms with Gasteiger partial charge in [0.1, 0.15) is 5.75 Å². The van der Waals surface area contributed by atoms with Crippen LogP contribution in [0.2, 0.25) is 10.0 Å². The van der Waals surface area contributed by atoms with Gasteiger partial charge in [0.2, 0.25) is 15.9 Å². The van der Waals surface area contributed by atoms with Crippen molar-refractivity contribution >= 4 is 44.8 Å². The molecule has 0 aliphatic carbocycles. The highest BCUT2D eigenvalue weighted by molar-refractivity contribution is 7.89. The number of carbonyl (C=O) groups is 1. The Morgan fingerprint density at radius 1 is 0.969 bits per heavy atom. The summed E-state index contributed by atoms with van der Waals surface area (Å²) < 4.78 is 32.9. The number of rotatable bonds is 9. The lowest BCUT2D eigenvalue weighted by molar-refractivity contribution is -0.116. The molecule has 9 heteroatoms. The predicted octanol–water partition coefficient (Wildman–Crippen LogP) is 4.87. The van der Waals surface area contributed by atoms with Gasteiger partial charge in [0.15, 0.2) is 0 Å². The first kappa shape index (κ1) is 24.1. The zero-order chi connectivity index (χ0) is 23.1. The molecule has 0 saturated heterocycles. The fourth-order valence-corrected chi connectivity index (χ4v) is 4.71. The fraction of sp³-hybridized carbons (Fsp3) is 0.174. The normalized spacial score (nSPS) is 11.4. The zero-order valence-corrected chi connectivity index (χ0v) is 19.6. The molecule has 0 saturated carbocycles. The van der Waals surface area contributed by atoms with Crippen LogP contribution in [0.1, 0.15) is 5.56 Å². The zero-order valence-electron chi connectivity index (χ0n) is 17.3. The summed E-state index contributed by atoms with van der Waals surface area (Å²) >= 11 is 11.9. The van der Waals surface area contributed by atoms with E-state index in [0.29, 0.717) is 22.9 Å². The maximum absolute atomic E-state index is 13.3. The summed E-state index contributed by atoms with van der Waals surface area (Å²) in [6.45, 7) is -0.228. The molecule has 0 aliphatic heterocycles. The molecule has 3 aromatic carbocycles. The van der Waals surface area contributed by atoms with Crippen molar-refractivity contribution in [3.8, 4) is 5.75 Å². The maximum atomic E-state index is 13.3. The molecule has 32 heavy (non-hydrogen) atoms. The van der Waals surface area contributed by atoms with E-state index in [1.807, 2.05) is 30.3 Å².